The van der Waals surface area contributed by atoms with Gasteiger partial charge in [-0.15, -0.1) is 0 Å². The molecular weight excluding hydrogens is 290 g/mol. The van der Waals surface area contributed by atoms with Crippen molar-refractivity contribution in [3.8, 4) is 17.1 Å². The summed E-state index contributed by atoms with van der Waals surface area (Å²) >= 11 is 0. The first-order chi connectivity index (χ1) is 10.8. The Bertz CT molecular complexity index is 688. The summed E-state index contributed by atoms with van der Waals surface area (Å²) in [4.78, 5) is 21.0. The van der Waals surface area contributed by atoms with E-state index in [9.17, 15) is 4.79 Å². The molecule has 0 spiro atoms. The summed E-state index contributed by atoms with van der Waals surface area (Å²) in [6.07, 6.45) is 1.58. The molecule has 2 aromatic rings. The maximum absolute atomic E-state index is 12.2. The molecule has 0 radical (unpaired) electrons. The Morgan fingerprint density at radius 2 is 1.87 bits per heavy atom. The van der Waals surface area contributed by atoms with E-state index in [1.165, 1.54) is 0 Å². The number of nitrogens with zero attached hydrogens (tertiary/aromatic N) is 2. The number of nitrogens with one attached hydrogen (secondary N) is 1. The number of aromatic nitrogens is 2. The van der Waals surface area contributed by atoms with E-state index in [1.54, 1.807) is 13.3 Å². The third kappa shape index (κ3) is 4.52. The van der Waals surface area contributed by atoms with Crippen LogP contribution in [-0.2, 0) is 0 Å². The lowest BCUT2D eigenvalue weighted by molar-refractivity contribution is 0.0938. The zero-order valence-electron chi connectivity index (χ0n) is 14.3. The first-order valence-electron chi connectivity index (χ1n) is 7.56. The Hall–Kier alpha value is -2.43. The molecule has 0 atom stereocenters. The Balaban J connectivity index is 2.18. The first-order valence-corrected chi connectivity index (χ1v) is 7.56. The molecule has 5 heteroatoms. The average Bonchev–Trinajstić information content (AvgIpc) is 2.52. The fourth-order valence-electron chi connectivity index (χ4n) is 2.01. The van der Waals surface area contributed by atoms with E-state index in [-0.39, 0.29) is 11.3 Å². The molecule has 0 aliphatic heterocycles. The molecule has 0 fully saturated rings. The van der Waals surface area contributed by atoms with Crippen molar-refractivity contribution in [1.29, 1.82) is 0 Å². The molecular formula is C18H23N3O2. The highest BCUT2D eigenvalue weighted by Gasteiger charge is 2.16. The van der Waals surface area contributed by atoms with E-state index in [2.05, 4.69) is 36.1 Å². The summed E-state index contributed by atoms with van der Waals surface area (Å²) < 4.78 is 5.14. The zero-order chi connectivity index (χ0) is 17.0. The minimum atomic E-state index is -0.140. The van der Waals surface area contributed by atoms with Crippen LogP contribution in [-0.4, -0.2) is 29.5 Å². The smallest absolute Gasteiger partial charge is 0.254 e. The minimum absolute atomic E-state index is 0.0352. The van der Waals surface area contributed by atoms with Crippen LogP contribution in [0.25, 0.3) is 11.4 Å². The standard InChI is InChI=1S/C18H23N3O2/c1-12-15(17(22)20-11-18(2,3)4)10-19-16(21-12)13-6-8-14(23-5)9-7-13/h6-10H,11H2,1-5H3,(H,20,22). The van der Waals surface area contributed by atoms with E-state index >= 15 is 0 Å². The van der Waals surface area contributed by atoms with Gasteiger partial charge in [0.05, 0.1) is 18.4 Å². The van der Waals surface area contributed by atoms with Gasteiger partial charge in [-0.3, -0.25) is 4.79 Å². The molecule has 1 heterocycles. The quantitative estimate of drug-likeness (QED) is 0.941. The minimum Gasteiger partial charge on any atom is -0.497 e. The van der Waals surface area contributed by atoms with Crippen molar-refractivity contribution in [2.75, 3.05) is 13.7 Å². The van der Waals surface area contributed by atoms with Crippen LogP contribution in [0.3, 0.4) is 0 Å². The third-order valence-corrected chi connectivity index (χ3v) is 3.35. The second kappa shape index (κ2) is 6.77. The number of hydrogen-bond acceptors (Lipinski definition) is 4. The Morgan fingerprint density at radius 1 is 1.22 bits per heavy atom. The largest absolute Gasteiger partial charge is 0.497 e. The van der Waals surface area contributed by atoms with Crippen molar-refractivity contribution >= 4 is 5.91 Å². The van der Waals surface area contributed by atoms with Crippen molar-refractivity contribution in [3.63, 3.8) is 0 Å². The van der Waals surface area contributed by atoms with E-state index in [0.717, 1.165) is 11.3 Å². The number of rotatable bonds is 4. The van der Waals surface area contributed by atoms with E-state index in [4.69, 9.17) is 4.74 Å². The Kier molecular flexibility index (Phi) is 4.98. The van der Waals surface area contributed by atoms with Crippen LogP contribution in [0.1, 0.15) is 36.8 Å². The molecule has 0 saturated carbocycles. The number of carbonyl (C=O) groups excluding carboxylic acids is 1. The van der Waals surface area contributed by atoms with Gasteiger partial charge >= 0.3 is 0 Å². The van der Waals surface area contributed by atoms with E-state index in [1.807, 2.05) is 31.2 Å². The topological polar surface area (TPSA) is 64.1 Å². The van der Waals surface area contributed by atoms with Crippen molar-refractivity contribution in [1.82, 2.24) is 15.3 Å². The Labute approximate surface area is 137 Å². The van der Waals surface area contributed by atoms with Crippen molar-refractivity contribution in [3.05, 3.63) is 41.7 Å². The van der Waals surface area contributed by atoms with Gasteiger partial charge in [0, 0.05) is 18.3 Å². The number of carbonyl (C=O) groups is 1. The lowest BCUT2D eigenvalue weighted by Gasteiger charge is -2.19. The molecule has 5 nitrogen and oxygen atoms in total. The normalized spacial score (nSPS) is 11.2. The van der Waals surface area contributed by atoms with Crippen molar-refractivity contribution in [2.24, 2.45) is 5.41 Å². The highest BCUT2D eigenvalue weighted by molar-refractivity contribution is 5.95. The van der Waals surface area contributed by atoms with Crippen LogP contribution < -0.4 is 10.1 Å². The number of ether oxygens (including phenoxy) is 1. The predicted octanol–water partition coefficient (Wildman–Crippen LogP) is 3.24. The predicted molar refractivity (Wildman–Crippen MR) is 90.5 cm³/mol. The summed E-state index contributed by atoms with van der Waals surface area (Å²) in [5.41, 5.74) is 2.09. The summed E-state index contributed by atoms with van der Waals surface area (Å²) in [5, 5.41) is 2.92. The molecule has 122 valence electrons. The number of hydrogen-bond donors (Lipinski definition) is 1. The molecule has 1 N–H and O–H groups in total. The van der Waals surface area contributed by atoms with Crippen molar-refractivity contribution < 1.29 is 9.53 Å². The monoisotopic (exact) mass is 313 g/mol. The molecule has 1 aromatic carbocycles. The second-order valence-electron chi connectivity index (χ2n) is 6.66. The number of amides is 1. The van der Waals surface area contributed by atoms with E-state index in [0.29, 0.717) is 23.6 Å². The highest BCUT2D eigenvalue weighted by atomic mass is 16.5. The van der Waals surface area contributed by atoms with Crippen LogP contribution in [0.4, 0.5) is 0 Å². The van der Waals surface area contributed by atoms with Crippen molar-refractivity contribution in [2.45, 2.75) is 27.7 Å². The second-order valence-corrected chi connectivity index (χ2v) is 6.66. The van der Waals surface area contributed by atoms with Crippen LogP contribution >= 0.6 is 0 Å². The van der Waals surface area contributed by atoms with Gasteiger partial charge in [-0.2, -0.15) is 0 Å². The molecule has 1 amide bonds. The Morgan fingerprint density at radius 3 is 2.39 bits per heavy atom. The van der Waals surface area contributed by atoms with Gasteiger partial charge in [0.25, 0.3) is 5.91 Å². The van der Waals surface area contributed by atoms with Crippen LogP contribution in [0, 0.1) is 12.3 Å². The number of methoxy groups -OCH3 is 1. The lowest BCUT2D eigenvalue weighted by atomic mass is 9.97. The van der Waals surface area contributed by atoms with Gasteiger partial charge in [0.15, 0.2) is 5.82 Å². The maximum atomic E-state index is 12.2. The maximum Gasteiger partial charge on any atom is 0.254 e. The molecule has 0 aliphatic rings. The molecule has 0 bridgehead atoms. The summed E-state index contributed by atoms with van der Waals surface area (Å²) in [6, 6.07) is 7.51. The molecule has 0 unspecified atom stereocenters. The van der Waals surface area contributed by atoms with Crippen LogP contribution in [0.15, 0.2) is 30.5 Å². The average molecular weight is 313 g/mol. The van der Waals surface area contributed by atoms with Gasteiger partial charge in [-0.1, -0.05) is 20.8 Å². The molecule has 2 rings (SSSR count). The van der Waals surface area contributed by atoms with Crippen LogP contribution in [0.5, 0.6) is 5.75 Å². The number of benzene rings is 1. The van der Waals surface area contributed by atoms with Gasteiger partial charge in [-0.25, -0.2) is 9.97 Å². The van der Waals surface area contributed by atoms with Gasteiger partial charge in [-0.05, 0) is 36.6 Å². The highest BCUT2D eigenvalue weighted by Crippen LogP contribution is 2.20. The molecule has 1 aromatic heterocycles. The zero-order valence-corrected chi connectivity index (χ0v) is 14.3. The molecule has 0 aliphatic carbocycles. The molecule has 23 heavy (non-hydrogen) atoms. The third-order valence-electron chi connectivity index (χ3n) is 3.35. The fourth-order valence-corrected chi connectivity index (χ4v) is 2.01. The van der Waals surface area contributed by atoms with Gasteiger partial charge in [0.2, 0.25) is 0 Å². The van der Waals surface area contributed by atoms with E-state index < -0.39 is 0 Å². The first kappa shape index (κ1) is 16.9. The van der Waals surface area contributed by atoms with Gasteiger partial charge in [0.1, 0.15) is 5.75 Å². The summed E-state index contributed by atoms with van der Waals surface area (Å²) in [7, 11) is 1.63. The van der Waals surface area contributed by atoms with Gasteiger partial charge < -0.3 is 10.1 Å². The molecule has 0 saturated heterocycles. The SMILES string of the molecule is COc1ccc(-c2ncc(C(=O)NCC(C)(C)C)c(C)n2)cc1. The number of aryl methyl sites for hydroxylation is 1. The van der Waals surface area contributed by atoms with Crippen LogP contribution in [0.2, 0.25) is 0 Å². The lowest BCUT2D eigenvalue weighted by Crippen LogP contribution is -2.32. The summed E-state index contributed by atoms with van der Waals surface area (Å²) in [5.74, 6) is 1.24. The fraction of sp³-hybridized carbons (Fsp3) is 0.389. The summed E-state index contributed by atoms with van der Waals surface area (Å²) in [6.45, 7) is 8.64.